The summed E-state index contributed by atoms with van der Waals surface area (Å²) in [6.07, 6.45) is 0. The molecule has 0 fully saturated rings. The highest BCUT2D eigenvalue weighted by Crippen LogP contribution is 2.41. The number of amides is 2. The van der Waals surface area contributed by atoms with E-state index in [-0.39, 0.29) is 11.8 Å². The number of rotatable bonds is 3. The van der Waals surface area contributed by atoms with E-state index >= 15 is 0 Å². The second-order valence-electron chi connectivity index (χ2n) is 7.47. The van der Waals surface area contributed by atoms with Gasteiger partial charge in [0, 0.05) is 26.6 Å². The summed E-state index contributed by atoms with van der Waals surface area (Å²) in [6, 6.07) is 32.3. The first-order valence-corrected chi connectivity index (χ1v) is 11.1. The molecule has 0 saturated carbocycles. The Balaban J connectivity index is 1.41. The zero-order chi connectivity index (χ0) is 21.9. The minimum atomic E-state index is -0.181. The first-order valence-electron chi connectivity index (χ1n) is 10.3. The molecule has 0 aromatic heterocycles. The topological polar surface area (TPSA) is 49.4 Å². The largest absolute Gasteiger partial charge is 0.322 e. The molecule has 0 saturated heterocycles. The lowest BCUT2D eigenvalue weighted by Crippen LogP contribution is -2.30. The molecule has 156 valence electrons. The van der Waals surface area contributed by atoms with E-state index in [2.05, 4.69) is 17.4 Å². The average Bonchev–Trinajstić information content (AvgIpc) is 3.01. The molecule has 4 nitrogen and oxygen atoms in total. The fourth-order valence-corrected chi connectivity index (χ4v) is 4.78. The molecule has 5 heteroatoms. The third kappa shape index (κ3) is 4.03. The Kier molecular flexibility index (Phi) is 5.48. The number of carbonyl (C=O) groups is 2. The van der Waals surface area contributed by atoms with Gasteiger partial charge >= 0.3 is 0 Å². The number of hydrogen-bond donors (Lipinski definition) is 1. The maximum absolute atomic E-state index is 13.5. The summed E-state index contributed by atoms with van der Waals surface area (Å²) in [4.78, 5) is 29.9. The van der Waals surface area contributed by atoms with Crippen LogP contribution < -0.4 is 10.2 Å². The van der Waals surface area contributed by atoms with Gasteiger partial charge in [0.2, 0.25) is 0 Å². The van der Waals surface area contributed by atoms with Gasteiger partial charge in [-0.1, -0.05) is 60.3 Å². The van der Waals surface area contributed by atoms with E-state index in [1.165, 1.54) is 0 Å². The molecule has 2 amide bonds. The lowest BCUT2D eigenvalue weighted by Gasteiger charge is -2.23. The van der Waals surface area contributed by atoms with E-state index in [0.29, 0.717) is 23.4 Å². The van der Waals surface area contributed by atoms with E-state index < -0.39 is 0 Å². The predicted molar refractivity (Wildman–Crippen MR) is 128 cm³/mol. The van der Waals surface area contributed by atoms with Gasteiger partial charge in [0.05, 0.1) is 12.2 Å². The Hall–Kier alpha value is -3.83. The second-order valence-corrected chi connectivity index (χ2v) is 8.55. The van der Waals surface area contributed by atoms with Gasteiger partial charge in [0.15, 0.2) is 0 Å². The van der Waals surface area contributed by atoms with E-state index in [1.807, 2.05) is 59.5 Å². The maximum Gasteiger partial charge on any atom is 0.258 e. The van der Waals surface area contributed by atoms with Crippen molar-refractivity contribution in [2.24, 2.45) is 0 Å². The Morgan fingerprint density at radius 3 is 2.12 bits per heavy atom. The summed E-state index contributed by atoms with van der Waals surface area (Å²) in [5.74, 6) is -0.254. The summed E-state index contributed by atoms with van der Waals surface area (Å²) in [6.45, 7) is 0.505. The highest BCUT2D eigenvalue weighted by molar-refractivity contribution is 7.99. The van der Waals surface area contributed by atoms with Gasteiger partial charge in [-0.25, -0.2) is 0 Å². The van der Waals surface area contributed by atoms with Crippen LogP contribution in [0.4, 0.5) is 11.4 Å². The normalized spacial score (nSPS) is 12.3. The molecule has 0 bridgehead atoms. The number of para-hydroxylation sites is 1. The van der Waals surface area contributed by atoms with Gasteiger partial charge in [0.25, 0.3) is 11.8 Å². The highest BCUT2D eigenvalue weighted by atomic mass is 32.2. The van der Waals surface area contributed by atoms with Crippen LogP contribution in [0.2, 0.25) is 0 Å². The highest BCUT2D eigenvalue weighted by Gasteiger charge is 2.25. The van der Waals surface area contributed by atoms with Crippen molar-refractivity contribution in [2.45, 2.75) is 16.3 Å². The number of anilines is 2. The number of carbonyl (C=O) groups excluding carboxylic acids is 2. The van der Waals surface area contributed by atoms with Crippen molar-refractivity contribution < 1.29 is 9.59 Å². The third-order valence-electron chi connectivity index (χ3n) is 5.35. The number of benzene rings is 4. The van der Waals surface area contributed by atoms with Crippen molar-refractivity contribution in [3.63, 3.8) is 0 Å². The Labute approximate surface area is 190 Å². The lowest BCUT2D eigenvalue weighted by atomic mass is 10.1. The van der Waals surface area contributed by atoms with Gasteiger partial charge in [-0.15, -0.1) is 0 Å². The smallest absolute Gasteiger partial charge is 0.258 e. The first-order chi connectivity index (χ1) is 15.7. The van der Waals surface area contributed by atoms with E-state index in [1.54, 1.807) is 48.2 Å². The van der Waals surface area contributed by atoms with Crippen LogP contribution in [0, 0.1) is 0 Å². The quantitative estimate of drug-likeness (QED) is 0.413. The second kappa shape index (κ2) is 8.73. The fraction of sp³-hybridized carbons (Fsp3) is 0.0370. The molecule has 0 atom stereocenters. The molecule has 4 aromatic rings. The number of nitrogens with zero attached hydrogens (tertiary/aromatic N) is 1. The van der Waals surface area contributed by atoms with Gasteiger partial charge in [0.1, 0.15) is 0 Å². The van der Waals surface area contributed by atoms with Gasteiger partial charge in [-0.2, -0.15) is 0 Å². The van der Waals surface area contributed by atoms with Crippen molar-refractivity contribution in [3.05, 3.63) is 120 Å². The molecule has 0 radical (unpaired) electrons. The van der Waals surface area contributed by atoms with Crippen LogP contribution in [-0.2, 0) is 6.54 Å². The Bertz CT molecular complexity index is 1290. The molecule has 1 N–H and O–H groups in total. The standard InChI is InChI=1S/C27H20N2O2S/c30-26(19-8-2-1-3-9-19)28-22-16-14-20(15-17-22)27(31)29-18-21-10-4-6-12-24(21)32-25-13-7-5-11-23(25)29/h1-17H,18H2,(H,28,30). The number of hydrogen-bond acceptors (Lipinski definition) is 3. The number of nitrogens with one attached hydrogen (secondary N) is 1. The van der Waals surface area contributed by atoms with Crippen molar-refractivity contribution in [1.82, 2.24) is 0 Å². The molecule has 1 heterocycles. The van der Waals surface area contributed by atoms with Crippen LogP contribution in [0.1, 0.15) is 26.3 Å². The van der Waals surface area contributed by atoms with Crippen LogP contribution in [0.5, 0.6) is 0 Å². The molecular formula is C27H20N2O2S. The SMILES string of the molecule is O=C(Nc1ccc(C(=O)N2Cc3ccccc3Sc3ccccc32)cc1)c1ccccc1. The zero-order valence-electron chi connectivity index (χ0n) is 17.2. The third-order valence-corrected chi connectivity index (χ3v) is 6.53. The van der Waals surface area contributed by atoms with E-state index in [4.69, 9.17) is 0 Å². The minimum absolute atomic E-state index is 0.0734. The first kappa shape index (κ1) is 20.1. The summed E-state index contributed by atoms with van der Waals surface area (Å²) in [5.41, 5.74) is 3.83. The molecule has 32 heavy (non-hydrogen) atoms. The van der Waals surface area contributed by atoms with Crippen molar-refractivity contribution in [3.8, 4) is 0 Å². The van der Waals surface area contributed by atoms with Crippen LogP contribution in [0.3, 0.4) is 0 Å². The van der Waals surface area contributed by atoms with Gasteiger partial charge < -0.3 is 10.2 Å². The zero-order valence-corrected chi connectivity index (χ0v) is 18.0. The summed E-state index contributed by atoms with van der Waals surface area (Å²) in [7, 11) is 0. The van der Waals surface area contributed by atoms with Crippen LogP contribution in [0.25, 0.3) is 0 Å². The Morgan fingerprint density at radius 2 is 1.34 bits per heavy atom. The molecule has 0 spiro atoms. The van der Waals surface area contributed by atoms with Crippen LogP contribution in [0.15, 0.2) is 113 Å². The summed E-state index contributed by atoms with van der Waals surface area (Å²) in [5, 5.41) is 2.88. The molecule has 1 aliphatic rings. The summed E-state index contributed by atoms with van der Waals surface area (Å²) < 4.78 is 0. The van der Waals surface area contributed by atoms with Crippen LogP contribution >= 0.6 is 11.8 Å². The van der Waals surface area contributed by atoms with Crippen molar-refractivity contribution in [2.75, 3.05) is 10.2 Å². The van der Waals surface area contributed by atoms with Crippen molar-refractivity contribution >= 4 is 35.0 Å². The van der Waals surface area contributed by atoms with Gasteiger partial charge in [-0.05, 0) is 60.2 Å². The molecule has 5 rings (SSSR count). The minimum Gasteiger partial charge on any atom is -0.322 e. The molecular weight excluding hydrogens is 416 g/mol. The fourth-order valence-electron chi connectivity index (χ4n) is 3.70. The molecule has 0 unspecified atom stereocenters. The molecule has 1 aliphatic heterocycles. The summed E-state index contributed by atoms with van der Waals surface area (Å²) >= 11 is 1.69. The van der Waals surface area contributed by atoms with Gasteiger partial charge in [-0.3, -0.25) is 9.59 Å². The number of fused-ring (bicyclic) bond motifs is 2. The average molecular weight is 437 g/mol. The van der Waals surface area contributed by atoms with E-state index in [0.717, 1.165) is 21.0 Å². The lowest BCUT2D eigenvalue weighted by molar-refractivity contribution is 0.0983. The Morgan fingerprint density at radius 1 is 0.688 bits per heavy atom. The monoisotopic (exact) mass is 436 g/mol. The molecule has 4 aromatic carbocycles. The predicted octanol–water partition coefficient (Wildman–Crippen LogP) is 6.25. The maximum atomic E-state index is 13.5. The van der Waals surface area contributed by atoms with Crippen molar-refractivity contribution in [1.29, 1.82) is 0 Å². The molecule has 0 aliphatic carbocycles. The van der Waals surface area contributed by atoms with Crippen LogP contribution in [-0.4, -0.2) is 11.8 Å². The van der Waals surface area contributed by atoms with E-state index in [9.17, 15) is 9.59 Å².